The number of hydrogen-bond donors (Lipinski definition) is 1. The Kier molecular flexibility index (Phi) is 5.09. The van der Waals surface area contributed by atoms with E-state index in [1.165, 1.54) is 32.4 Å². The molecule has 0 aromatic heterocycles. The third kappa shape index (κ3) is 5.06. The lowest BCUT2D eigenvalue weighted by molar-refractivity contribution is 0.290. The van der Waals surface area contributed by atoms with Crippen molar-refractivity contribution >= 4 is 0 Å². The molecule has 2 N–H and O–H groups in total. The first-order valence-corrected chi connectivity index (χ1v) is 5.44. The van der Waals surface area contributed by atoms with Crippen LogP contribution < -0.4 is 5.73 Å². The zero-order valence-corrected chi connectivity index (χ0v) is 8.71. The third-order valence-corrected chi connectivity index (χ3v) is 2.42. The number of nitrogens with zero attached hydrogens (tertiary/aromatic N) is 1. The average Bonchev–Trinajstić information content (AvgIpc) is 2.89. The van der Waals surface area contributed by atoms with Crippen molar-refractivity contribution in [3.05, 3.63) is 12.2 Å². The predicted molar refractivity (Wildman–Crippen MR) is 57.6 cm³/mol. The van der Waals surface area contributed by atoms with Gasteiger partial charge in [0.15, 0.2) is 0 Å². The minimum atomic E-state index is 0.670. The van der Waals surface area contributed by atoms with Gasteiger partial charge in [0.2, 0.25) is 0 Å². The molecule has 1 saturated carbocycles. The van der Waals surface area contributed by atoms with Crippen molar-refractivity contribution < 1.29 is 0 Å². The molecule has 2 heteroatoms. The molecule has 1 aliphatic rings. The summed E-state index contributed by atoms with van der Waals surface area (Å²) in [5, 5.41) is 0. The maximum atomic E-state index is 5.40. The van der Waals surface area contributed by atoms with Crippen molar-refractivity contribution in [2.75, 3.05) is 26.2 Å². The molecule has 0 heterocycles. The first kappa shape index (κ1) is 10.7. The summed E-state index contributed by atoms with van der Waals surface area (Å²) < 4.78 is 0. The molecule has 0 aromatic carbocycles. The second kappa shape index (κ2) is 6.17. The molecule has 0 aromatic rings. The van der Waals surface area contributed by atoms with E-state index in [1.54, 1.807) is 0 Å². The summed E-state index contributed by atoms with van der Waals surface area (Å²) in [6.07, 6.45) is 8.39. The van der Waals surface area contributed by atoms with Crippen LogP contribution in [0.1, 0.15) is 26.2 Å². The van der Waals surface area contributed by atoms with Gasteiger partial charge in [0.25, 0.3) is 0 Å². The molecular formula is C11H22N2. The molecular weight excluding hydrogens is 160 g/mol. The highest BCUT2D eigenvalue weighted by molar-refractivity contribution is 4.87. The number of rotatable bonds is 7. The van der Waals surface area contributed by atoms with Gasteiger partial charge < -0.3 is 5.73 Å². The van der Waals surface area contributed by atoms with Crippen LogP contribution in [0.2, 0.25) is 0 Å². The molecule has 13 heavy (non-hydrogen) atoms. The lowest BCUT2D eigenvalue weighted by atomic mass is 10.3. The fourth-order valence-electron chi connectivity index (χ4n) is 1.56. The Bertz CT molecular complexity index is 150. The molecule has 0 bridgehead atoms. The zero-order chi connectivity index (χ0) is 9.52. The van der Waals surface area contributed by atoms with Crippen LogP contribution in [0.4, 0.5) is 0 Å². The smallest absolute Gasteiger partial charge is 0.0163 e. The van der Waals surface area contributed by atoms with Gasteiger partial charge in [-0.25, -0.2) is 0 Å². The summed E-state index contributed by atoms with van der Waals surface area (Å²) in [5.74, 6) is 0.998. The van der Waals surface area contributed by atoms with Crippen molar-refractivity contribution in [1.82, 2.24) is 4.90 Å². The SMILES string of the molecule is CCCN(CC=CCN)CC1CC1. The lowest BCUT2D eigenvalue weighted by Gasteiger charge is -2.19. The monoisotopic (exact) mass is 182 g/mol. The van der Waals surface area contributed by atoms with E-state index >= 15 is 0 Å². The molecule has 0 amide bonds. The summed E-state index contributed by atoms with van der Waals surface area (Å²) in [6.45, 7) is 6.52. The predicted octanol–water partition coefficient (Wildman–Crippen LogP) is 1.62. The standard InChI is InChI=1S/C11H22N2/c1-2-8-13(9-4-3-7-12)10-11-5-6-11/h3-4,11H,2,5-10,12H2,1H3. The Labute approximate surface area is 81.8 Å². The van der Waals surface area contributed by atoms with E-state index in [-0.39, 0.29) is 0 Å². The first-order valence-electron chi connectivity index (χ1n) is 5.44. The number of hydrogen-bond acceptors (Lipinski definition) is 2. The van der Waals surface area contributed by atoms with Crippen LogP contribution in [-0.4, -0.2) is 31.1 Å². The van der Waals surface area contributed by atoms with Crippen LogP contribution >= 0.6 is 0 Å². The van der Waals surface area contributed by atoms with Crippen molar-refractivity contribution in [2.45, 2.75) is 26.2 Å². The van der Waals surface area contributed by atoms with Crippen LogP contribution in [0.25, 0.3) is 0 Å². The van der Waals surface area contributed by atoms with Gasteiger partial charge >= 0.3 is 0 Å². The summed E-state index contributed by atoms with van der Waals surface area (Å²) in [4.78, 5) is 2.53. The molecule has 76 valence electrons. The maximum absolute atomic E-state index is 5.40. The van der Waals surface area contributed by atoms with Crippen molar-refractivity contribution in [1.29, 1.82) is 0 Å². The van der Waals surface area contributed by atoms with Crippen LogP contribution in [0.15, 0.2) is 12.2 Å². The molecule has 1 rings (SSSR count). The van der Waals surface area contributed by atoms with E-state index in [2.05, 4.69) is 24.0 Å². The molecule has 0 radical (unpaired) electrons. The summed E-state index contributed by atoms with van der Waals surface area (Å²) in [5.41, 5.74) is 5.40. The highest BCUT2D eigenvalue weighted by Crippen LogP contribution is 2.29. The van der Waals surface area contributed by atoms with E-state index in [9.17, 15) is 0 Å². The quantitative estimate of drug-likeness (QED) is 0.606. The third-order valence-electron chi connectivity index (χ3n) is 2.42. The topological polar surface area (TPSA) is 29.3 Å². The average molecular weight is 182 g/mol. The van der Waals surface area contributed by atoms with Crippen molar-refractivity contribution in [2.24, 2.45) is 11.7 Å². The van der Waals surface area contributed by atoms with Crippen molar-refractivity contribution in [3.63, 3.8) is 0 Å². The lowest BCUT2D eigenvalue weighted by Crippen LogP contribution is -2.27. The first-order chi connectivity index (χ1) is 6.36. The Morgan fingerprint density at radius 3 is 2.69 bits per heavy atom. The van der Waals surface area contributed by atoms with Gasteiger partial charge in [-0.1, -0.05) is 19.1 Å². The Balaban J connectivity index is 2.15. The second-order valence-electron chi connectivity index (χ2n) is 3.91. The highest BCUT2D eigenvalue weighted by Gasteiger charge is 2.23. The molecule has 0 saturated heterocycles. The normalized spacial score (nSPS) is 17.5. The second-order valence-corrected chi connectivity index (χ2v) is 3.91. The Morgan fingerprint density at radius 1 is 1.38 bits per heavy atom. The van der Waals surface area contributed by atoms with Crippen LogP contribution in [0.3, 0.4) is 0 Å². The van der Waals surface area contributed by atoms with E-state index in [1.807, 2.05) is 0 Å². The molecule has 1 fully saturated rings. The minimum Gasteiger partial charge on any atom is -0.327 e. The van der Waals surface area contributed by atoms with Gasteiger partial charge in [-0.05, 0) is 31.7 Å². The van der Waals surface area contributed by atoms with Crippen LogP contribution in [0, 0.1) is 5.92 Å². The molecule has 0 aliphatic heterocycles. The Hall–Kier alpha value is -0.340. The number of nitrogens with two attached hydrogens (primary N) is 1. The summed E-state index contributed by atoms with van der Waals surface area (Å²) >= 11 is 0. The fourth-order valence-corrected chi connectivity index (χ4v) is 1.56. The van der Waals surface area contributed by atoms with Crippen LogP contribution in [0.5, 0.6) is 0 Å². The van der Waals surface area contributed by atoms with Gasteiger partial charge in [-0.2, -0.15) is 0 Å². The van der Waals surface area contributed by atoms with Crippen molar-refractivity contribution in [3.8, 4) is 0 Å². The van der Waals surface area contributed by atoms with Gasteiger partial charge in [-0.15, -0.1) is 0 Å². The molecule has 1 aliphatic carbocycles. The van der Waals surface area contributed by atoms with Gasteiger partial charge in [0.05, 0.1) is 0 Å². The zero-order valence-electron chi connectivity index (χ0n) is 8.71. The van der Waals surface area contributed by atoms with E-state index in [0.717, 1.165) is 12.5 Å². The van der Waals surface area contributed by atoms with E-state index in [4.69, 9.17) is 5.73 Å². The van der Waals surface area contributed by atoms with E-state index < -0.39 is 0 Å². The minimum absolute atomic E-state index is 0.670. The molecule has 2 nitrogen and oxygen atoms in total. The molecule has 0 atom stereocenters. The largest absolute Gasteiger partial charge is 0.327 e. The maximum Gasteiger partial charge on any atom is 0.0163 e. The van der Waals surface area contributed by atoms with Gasteiger partial charge in [0.1, 0.15) is 0 Å². The Morgan fingerprint density at radius 2 is 2.15 bits per heavy atom. The summed E-state index contributed by atoms with van der Waals surface area (Å²) in [6, 6.07) is 0. The molecule has 0 spiro atoms. The van der Waals surface area contributed by atoms with Gasteiger partial charge in [-0.3, -0.25) is 4.90 Å². The van der Waals surface area contributed by atoms with Gasteiger partial charge in [0, 0.05) is 19.6 Å². The fraction of sp³-hybridized carbons (Fsp3) is 0.818. The van der Waals surface area contributed by atoms with Crippen LogP contribution in [-0.2, 0) is 0 Å². The van der Waals surface area contributed by atoms with E-state index in [0.29, 0.717) is 6.54 Å². The molecule has 0 unspecified atom stereocenters. The summed E-state index contributed by atoms with van der Waals surface area (Å²) in [7, 11) is 0. The highest BCUT2D eigenvalue weighted by atomic mass is 15.1.